The van der Waals surface area contributed by atoms with Crippen molar-refractivity contribution in [3.63, 3.8) is 0 Å². The van der Waals surface area contributed by atoms with Crippen LogP contribution in [-0.4, -0.2) is 26.4 Å². The number of benzene rings is 2. The van der Waals surface area contributed by atoms with Crippen LogP contribution >= 0.6 is 23.4 Å². The van der Waals surface area contributed by atoms with Crippen LogP contribution in [0.2, 0.25) is 5.02 Å². The number of aromatic nitrogens is 3. The third-order valence-corrected chi connectivity index (χ3v) is 5.36. The second kappa shape index (κ2) is 8.08. The van der Waals surface area contributed by atoms with E-state index in [1.165, 1.54) is 11.8 Å². The molecule has 0 bridgehead atoms. The molecule has 0 spiro atoms. The van der Waals surface area contributed by atoms with Crippen LogP contribution in [-0.2, 0) is 4.79 Å². The highest BCUT2D eigenvalue weighted by atomic mass is 35.5. The number of rotatable bonds is 6. The molecule has 6 nitrogen and oxygen atoms in total. The van der Waals surface area contributed by atoms with E-state index < -0.39 is 0 Å². The summed E-state index contributed by atoms with van der Waals surface area (Å²) in [6, 6.07) is 16.9. The molecule has 142 valence electrons. The van der Waals surface area contributed by atoms with Crippen molar-refractivity contribution in [2.24, 2.45) is 0 Å². The first-order valence-electron chi connectivity index (χ1n) is 8.67. The predicted molar refractivity (Wildman–Crippen MR) is 110 cm³/mol. The first-order valence-corrected chi connectivity index (χ1v) is 10.0. The largest absolute Gasteiger partial charge is 0.459 e. The lowest BCUT2D eigenvalue weighted by atomic mass is 10.2. The van der Waals surface area contributed by atoms with E-state index in [0.29, 0.717) is 10.2 Å². The maximum atomic E-state index is 12.4. The van der Waals surface area contributed by atoms with E-state index in [4.69, 9.17) is 16.0 Å². The SMILES string of the molecule is C[C@H](NC(=O)CSc1nncn1-c1cccc(Cl)c1)c1cc2ccccc2o1. The number of fused-ring (bicyclic) bond motifs is 1. The van der Waals surface area contributed by atoms with Gasteiger partial charge in [0.1, 0.15) is 17.7 Å². The van der Waals surface area contributed by atoms with Gasteiger partial charge in [-0.15, -0.1) is 10.2 Å². The Balaban J connectivity index is 1.39. The number of carbonyl (C=O) groups excluding carboxylic acids is 1. The minimum absolute atomic E-state index is 0.112. The fraction of sp³-hybridized carbons (Fsp3) is 0.150. The van der Waals surface area contributed by atoms with Crippen LogP contribution in [0.3, 0.4) is 0 Å². The van der Waals surface area contributed by atoms with Crippen molar-refractivity contribution >= 4 is 40.2 Å². The molecule has 1 N–H and O–H groups in total. The average molecular weight is 413 g/mol. The molecule has 2 aromatic carbocycles. The third-order valence-electron chi connectivity index (χ3n) is 4.18. The van der Waals surface area contributed by atoms with Gasteiger partial charge in [0.25, 0.3) is 0 Å². The Bertz CT molecular complexity index is 1090. The summed E-state index contributed by atoms with van der Waals surface area (Å²) in [6.45, 7) is 1.90. The highest BCUT2D eigenvalue weighted by Gasteiger charge is 2.16. The summed E-state index contributed by atoms with van der Waals surface area (Å²) >= 11 is 7.36. The zero-order chi connectivity index (χ0) is 19.5. The van der Waals surface area contributed by atoms with Gasteiger partial charge in [-0.25, -0.2) is 0 Å². The van der Waals surface area contributed by atoms with Gasteiger partial charge in [-0.1, -0.05) is 47.6 Å². The number of hydrogen-bond donors (Lipinski definition) is 1. The van der Waals surface area contributed by atoms with Crippen molar-refractivity contribution in [3.8, 4) is 5.69 Å². The van der Waals surface area contributed by atoms with Crippen molar-refractivity contribution in [3.05, 3.63) is 71.7 Å². The molecule has 0 unspecified atom stereocenters. The number of furan rings is 1. The smallest absolute Gasteiger partial charge is 0.231 e. The number of thioether (sulfide) groups is 1. The van der Waals surface area contributed by atoms with Crippen molar-refractivity contribution in [2.75, 3.05) is 5.75 Å². The number of hydrogen-bond acceptors (Lipinski definition) is 5. The molecule has 4 aromatic rings. The van der Waals surface area contributed by atoms with Crippen molar-refractivity contribution in [1.29, 1.82) is 0 Å². The first kappa shape index (κ1) is 18.6. The molecule has 2 heterocycles. The lowest BCUT2D eigenvalue weighted by molar-refractivity contribution is -0.119. The molecule has 4 rings (SSSR count). The Morgan fingerprint density at radius 2 is 2.11 bits per heavy atom. The van der Waals surface area contributed by atoms with Gasteiger partial charge in [-0.05, 0) is 37.3 Å². The monoisotopic (exact) mass is 412 g/mol. The molecule has 8 heteroatoms. The number of amides is 1. The van der Waals surface area contributed by atoms with Crippen LogP contribution in [0, 0.1) is 0 Å². The normalized spacial score (nSPS) is 12.2. The van der Waals surface area contributed by atoms with Gasteiger partial charge in [0.05, 0.1) is 17.5 Å². The van der Waals surface area contributed by atoms with Gasteiger partial charge in [-0.3, -0.25) is 9.36 Å². The predicted octanol–water partition coefficient (Wildman–Crippen LogP) is 4.64. The molecule has 0 saturated carbocycles. The maximum Gasteiger partial charge on any atom is 0.231 e. The molecule has 0 fully saturated rings. The van der Waals surface area contributed by atoms with Gasteiger partial charge in [0, 0.05) is 10.4 Å². The second-order valence-electron chi connectivity index (χ2n) is 6.23. The van der Waals surface area contributed by atoms with Crippen LogP contribution < -0.4 is 5.32 Å². The van der Waals surface area contributed by atoms with E-state index >= 15 is 0 Å². The Labute approximate surface area is 170 Å². The molecule has 28 heavy (non-hydrogen) atoms. The summed E-state index contributed by atoms with van der Waals surface area (Å²) in [5.41, 5.74) is 1.65. The van der Waals surface area contributed by atoms with Crippen LogP contribution in [0.15, 0.2) is 70.5 Å². The van der Waals surface area contributed by atoms with Gasteiger partial charge in [-0.2, -0.15) is 0 Å². The minimum atomic E-state index is -0.230. The number of nitrogens with zero attached hydrogens (tertiary/aromatic N) is 3. The lowest BCUT2D eigenvalue weighted by Gasteiger charge is -2.11. The lowest BCUT2D eigenvalue weighted by Crippen LogP contribution is -2.28. The summed E-state index contributed by atoms with van der Waals surface area (Å²) in [5.74, 6) is 0.823. The Morgan fingerprint density at radius 1 is 1.25 bits per heavy atom. The molecule has 0 aliphatic carbocycles. The number of para-hydroxylation sites is 1. The summed E-state index contributed by atoms with van der Waals surface area (Å²) < 4.78 is 7.61. The topological polar surface area (TPSA) is 73.0 Å². The number of carbonyl (C=O) groups is 1. The molecular weight excluding hydrogens is 396 g/mol. The molecule has 0 radical (unpaired) electrons. The van der Waals surface area contributed by atoms with Crippen molar-refractivity contribution < 1.29 is 9.21 Å². The van der Waals surface area contributed by atoms with Crippen LogP contribution in [0.5, 0.6) is 0 Å². The summed E-state index contributed by atoms with van der Waals surface area (Å²) in [7, 11) is 0. The van der Waals surface area contributed by atoms with E-state index in [2.05, 4.69) is 15.5 Å². The van der Waals surface area contributed by atoms with E-state index in [1.54, 1.807) is 17.0 Å². The zero-order valence-electron chi connectivity index (χ0n) is 15.0. The highest BCUT2D eigenvalue weighted by molar-refractivity contribution is 7.99. The Hall–Kier alpha value is -2.77. The fourth-order valence-electron chi connectivity index (χ4n) is 2.83. The van der Waals surface area contributed by atoms with Crippen LogP contribution in [0.4, 0.5) is 0 Å². The summed E-state index contributed by atoms with van der Waals surface area (Å²) in [6.07, 6.45) is 1.60. The standard InChI is InChI=1S/C20H17ClN4O2S/c1-13(18-9-14-5-2-3-8-17(14)27-18)23-19(26)11-28-20-24-22-12-25(20)16-7-4-6-15(21)10-16/h2-10,12-13H,11H2,1H3,(H,23,26)/t13-/m0/s1. The number of halogens is 1. The maximum absolute atomic E-state index is 12.4. The van der Waals surface area contributed by atoms with Gasteiger partial charge in [0.15, 0.2) is 5.16 Å². The van der Waals surface area contributed by atoms with Gasteiger partial charge >= 0.3 is 0 Å². The van der Waals surface area contributed by atoms with Gasteiger partial charge < -0.3 is 9.73 Å². The van der Waals surface area contributed by atoms with Crippen LogP contribution in [0.25, 0.3) is 16.7 Å². The summed E-state index contributed by atoms with van der Waals surface area (Å²) in [4.78, 5) is 12.4. The molecular formula is C20H17ClN4O2S. The average Bonchev–Trinajstić information content (AvgIpc) is 3.33. The van der Waals surface area contributed by atoms with Crippen LogP contribution in [0.1, 0.15) is 18.7 Å². The first-order chi connectivity index (χ1) is 13.6. The third kappa shape index (κ3) is 4.05. The molecule has 0 aliphatic rings. The molecule has 2 aromatic heterocycles. The van der Waals surface area contributed by atoms with Crippen molar-refractivity contribution in [1.82, 2.24) is 20.1 Å². The molecule has 1 amide bonds. The Morgan fingerprint density at radius 3 is 2.93 bits per heavy atom. The van der Waals surface area contributed by atoms with Gasteiger partial charge in [0.2, 0.25) is 5.91 Å². The molecule has 0 saturated heterocycles. The Kier molecular flexibility index (Phi) is 5.36. The van der Waals surface area contributed by atoms with E-state index in [9.17, 15) is 4.79 Å². The minimum Gasteiger partial charge on any atom is -0.459 e. The van der Waals surface area contributed by atoms with Crippen molar-refractivity contribution in [2.45, 2.75) is 18.1 Å². The fourth-order valence-corrected chi connectivity index (χ4v) is 3.75. The van der Waals surface area contributed by atoms with E-state index in [-0.39, 0.29) is 17.7 Å². The molecule has 1 atom stereocenters. The molecule has 0 aliphatic heterocycles. The zero-order valence-corrected chi connectivity index (χ0v) is 16.6. The quantitative estimate of drug-likeness (QED) is 0.467. The van der Waals surface area contributed by atoms with E-state index in [0.717, 1.165) is 22.4 Å². The number of nitrogens with one attached hydrogen (secondary N) is 1. The summed E-state index contributed by atoms with van der Waals surface area (Å²) in [5, 5.41) is 13.3. The van der Waals surface area contributed by atoms with E-state index in [1.807, 2.05) is 55.5 Å². The highest BCUT2D eigenvalue weighted by Crippen LogP contribution is 2.24. The second-order valence-corrected chi connectivity index (χ2v) is 7.61.